The molecule has 0 bridgehead atoms. The van der Waals surface area contributed by atoms with E-state index in [2.05, 4.69) is 5.32 Å². The predicted molar refractivity (Wildman–Crippen MR) is 43.3 cm³/mol. The number of hydrogen-bond acceptors (Lipinski definition) is 1. The monoisotopic (exact) mass is 145 g/mol. The summed E-state index contributed by atoms with van der Waals surface area (Å²) in [5.41, 5.74) is 0.826. The van der Waals surface area contributed by atoms with Crippen LogP contribution in [0, 0.1) is 0 Å². The standard InChI is InChI=1S/C7H7NO.Na.H/c9-6-8-7-4-2-1-3-5-7;;/h1-6H,(H,8,9);;. The molecule has 0 heterocycles. The van der Waals surface area contributed by atoms with Gasteiger partial charge in [0, 0.05) is 5.69 Å². The van der Waals surface area contributed by atoms with Crippen molar-refractivity contribution in [2.75, 3.05) is 5.32 Å². The normalized spacial score (nSPS) is 7.60. The SMILES string of the molecule is O=CNc1ccccc1.[NaH]. The second-order valence-electron chi connectivity index (χ2n) is 1.63. The van der Waals surface area contributed by atoms with Gasteiger partial charge in [0.25, 0.3) is 0 Å². The van der Waals surface area contributed by atoms with Gasteiger partial charge in [-0.2, -0.15) is 0 Å². The second kappa shape index (κ2) is 5.47. The average Bonchev–Trinajstić information content (AvgIpc) is 1.91. The first-order chi connectivity index (χ1) is 4.43. The minimum atomic E-state index is 0. The summed E-state index contributed by atoms with van der Waals surface area (Å²) in [7, 11) is 0. The fourth-order valence-electron chi connectivity index (χ4n) is 0.602. The molecule has 1 aromatic rings. The van der Waals surface area contributed by atoms with Crippen LogP contribution in [-0.4, -0.2) is 36.0 Å². The maximum absolute atomic E-state index is 9.86. The van der Waals surface area contributed by atoms with Crippen molar-refractivity contribution < 1.29 is 4.79 Å². The Balaban J connectivity index is 0.000000810. The van der Waals surface area contributed by atoms with Crippen molar-refractivity contribution in [1.29, 1.82) is 0 Å². The summed E-state index contributed by atoms with van der Waals surface area (Å²) in [4.78, 5) is 9.86. The molecular formula is C7H8NNaO. The Hall–Kier alpha value is -0.310. The van der Waals surface area contributed by atoms with E-state index in [1.165, 1.54) is 0 Å². The zero-order chi connectivity index (χ0) is 6.53. The zero-order valence-corrected chi connectivity index (χ0v) is 4.87. The van der Waals surface area contributed by atoms with Crippen molar-refractivity contribution in [2.45, 2.75) is 0 Å². The number of para-hydroxylation sites is 1. The van der Waals surface area contributed by atoms with Crippen molar-refractivity contribution in [1.82, 2.24) is 0 Å². The van der Waals surface area contributed by atoms with Gasteiger partial charge < -0.3 is 5.32 Å². The first-order valence-electron chi connectivity index (χ1n) is 2.69. The summed E-state index contributed by atoms with van der Waals surface area (Å²) in [5, 5.41) is 2.53. The second-order valence-corrected chi connectivity index (χ2v) is 1.63. The van der Waals surface area contributed by atoms with Crippen molar-refractivity contribution in [3.8, 4) is 0 Å². The molecule has 0 fully saturated rings. The van der Waals surface area contributed by atoms with Crippen LogP contribution in [0.3, 0.4) is 0 Å². The number of benzene rings is 1. The van der Waals surface area contributed by atoms with Crippen molar-refractivity contribution in [3.63, 3.8) is 0 Å². The van der Waals surface area contributed by atoms with Gasteiger partial charge in [-0.05, 0) is 12.1 Å². The maximum atomic E-state index is 9.86. The summed E-state index contributed by atoms with van der Waals surface area (Å²) in [6.07, 6.45) is 0.662. The quantitative estimate of drug-likeness (QED) is 0.479. The molecule has 0 aliphatic rings. The molecule has 0 aliphatic heterocycles. The Bertz CT molecular complexity index is 188. The van der Waals surface area contributed by atoms with E-state index in [9.17, 15) is 4.79 Å². The Morgan fingerprint density at radius 3 is 2.30 bits per heavy atom. The van der Waals surface area contributed by atoms with Crippen molar-refractivity contribution in [2.24, 2.45) is 0 Å². The molecule has 1 rings (SSSR count). The van der Waals surface area contributed by atoms with Gasteiger partial charge in [-0.25, -0.2) is 0 Å². The molecule has 1 aromatic carbocycles. The molecule has 10 heavy (non-hydrogen) atoms. The van der Waals surface area contributed by atoms with E-state index < -0.39 is 0 Å². The third kappa shape index (κ3) is 3.01. The summed E-state index contributed by atoms with van der Waals surface area (Å²) < 4.78 is 0. The van der Waals surface area contributed by atoms with E-state index in [-0.39, 0.29) is 29.6 Å². The number of carbonyl (C=O) groups excluding carboxylic acids is 1. The van der Waals surface area contributed by atoms with Crippen LogP contribution >= 0.6 is 0 Å². The Kier molecular flexibility index (Phi) is 5.30. The third-order valence-electron chi connectivity index (χ3n) is 0.999. The molecule has 0 radical (unpaired) electrons. The van der Waals surface area contributed by atoms with E-state index in [0.717, 1.165) is 5.69 Å². The average molecular weight is 145 g/mol. The number of amides is 1. The van der Waals surface area contributed by atoms with Crippen LogP contribution in [-0.2, 0) is 4.79 Å². The molecule has 48 valence electrons. The summed E-state index contributed by atoms with van der Waals surface area (Å²) >= 11 is 0. The van der Waals surface area contributed by atoms with Gasteiger partial charge in [-0.3, -0.25) is 4.79 Å². The molecule has 2 nitrogen and oxygen atoms in total. The third-order valence-corrected chi connectivity index (χ3v) is 0.999. The van der Waals surface area contributed by atoms with Gasteiger partial charge in [0.05, 0.1) is 0 Å². The fourth-order valence-corrected chi connectivity index (χ4v) is 0.602. The number of anilines is 1. The molecule has 1 amide bonds. The molecule has 1 N–H and O–H groups in total. The Morgan fingerprint density at radius 1 is 1.20 bits per heavy atom. The number of rotatable bonds is 2. The van der Waals surface area contributed by atoms with Crippen LogP contribution in [0.4, 0.5) is 5.69 Å². The van der Waals surface area contributed by atoms with Crippen LogP contribution in [0.2, 0.25) is 0 Å². The Morgan fingerprint density at radius 2 is 1.80 bits per heavy atom. The molecule has 0 saturated heterocycles. The topological polar surface area (TPSA) is 29.1 Å². The summed E-state index contributed by atoms with van der Waals surface area (Å²) in [6, 6.07) is 9.29. The van der Waals surface area contributed by atoms with Crippen LogP contribution in [0.25, 0.3) is 0 Å². The molecule has 3 heteroatoms. The van der Waals surface area contributed by atoms with Crippen molar-refractivity contribution in [3.05, 3.63) is 30.3 Å². The first-order valence-corrected chi connectivity index (χ1v) is 2.69. The molecule has 0 spiro atoms. The van der Waals surface area contributed by atoms with Gasteiger partial charge in [0.1, 0.15) is 0 Å². The minimum absolute atomic E-state index is 0. The first kappa shape index (κ1) is 9.69. The van der Waals surface area contributed by atoms with E-state index in [1.807, 2.05) is 30.3 Å². The van der Waals surface area contributed by atoms with Gasteiger partial charge in [0.15, 0.2) is 0 Å². The molecule has 0 saturated carbocycles. The predicted octanol–water partition coefficient (Wildman–Crippen LogP) is 0.606. The van der Waals surface area contributed by atoms with Gasteiger partial charge in [-0.15, -0.1) is 0 Å². The van der Waals surface area contributed by atoms with Crippen LogP contribution in [0.5, 0.6) is 0 Å². The number of hydrogen-bond donors (Lipinski definition) is 1. The Labute approximate surface area is 81.9 Å². The fraction of sp³-hybridized carbons (Fsp3) is 0. The number of carbonyl (C=O) groups is 1. The van der Waals surface area contributed by atoms with Gasteiger partial charge in [0.2, 0.25) is 6.41 Å². The van der Waals surface area contributed by atoms with E-state index in [0.29, 0.717) is 6.41 Å². The van der Waals surface area contributed by atoms with E-state index >= 15 is 0 Å². The zero-order valence-electron chi connectivity index (χ0n) is 4.87. The molecule has 0 atom stereocenters. The summed E-state index contributed by atoms with van der Waals surface area (Å²) in [5.74, 6) is 0. The van der Waals surface area contributed by atoms with Crippen LogP contribution in [0.1, 0.15) is 0 Å². The van der Waals surface area contributed by atoms with Gasteiger partial charge in [-0.1, -0.05) is 18.2 Å². The number of nitrogens with one attached hydrogen (secondary N) is 1. The van der Waals surface area contributed by atoms with Crippen LogP contribution in [0.15, 0.2) is 30.3 Å². The molecular weight excluding hydrogens is 137 g/mol. The molecule has 0 aliphatic carbocycles. The van der Waals surface area contributed by atoms with Gasteiger partial charge >= 0.3 is 29.6 Å². The van der Waals surface area contributed by atoms with E-state index in [1.54, 1.807) is 0 Å². The summed E-state index contributed by atoms with van der Waals surface area (Å²) in [6.45, 7) is 0. The van der Waals surface area contributed by atoms with Crippen LogP contribution < -0.4 is 5.32 Å². The molecule has 0 aromatic heterocycles. The molecule has 0 unspecified atom stereocenters. The van der Waals surface area contributed by atoms with E-state index in [4.69, 9.17) is 0 Å². The van der Waals surface area contributed by atoms with Crippen molar-refractivity contribution >= 4 is 41.7 Å².